The van der Waals surface area contributed by atoms with Gasteiger partial charge in [0.2, 0.25) is 17.8 Å². The fourth-order valence-corrected chi connectivity index (χ4v) is 3.10. The van der Waals surface area contributed by atoms with E-state index in [1.165, 1.54) is 0 Å². The highest BCUT2D eigenvalue weighted by Gasteiger charge is 2.14. The van der Waals surface area contributed by atoms with E-state index in [-0.39, 0.29) is 0 Å². The van der Waals surface area contributed by atoms with E-state index < -0.39 is 0 Å². The zero-order valence-electron chi connectivity index (χ0n) is 14.8. The molecule has 0 amide bonds. The summed E-state index contributed by atoms with van der Waals surface area (Å²) in [7, 11) is 0. The SMILES string of the molecule is CCn1c[n+](-c2ccc3nnn(Cc4ccc5ncccc5c4)c3n2)cn1. The third-order valence-corrected chi connectivity index (χ3v) is 4.52. The van der Waals surface area contributed by atoms with Crippen LogP contribution in [-0.4, -0.2) is 34.7 Å². The molecule has 0 unspecified atom stereocenters. The van der Waals surface area contributed by atoms with Crippen molar-refractivity contribution in [2.45, 2.75) is 20.0 Å². The second kappa shape index (κ2) is 6.24. The van der Waals surface area contributed by atoms with Gasteiger partial charge >= 0.3 is 0 Å². The Balaban J connectivity index is 1.53. The number of nitrogens with zero attached hydrogens (tertiary/aromatic N) is 8. The molecule has 0 aliphatic heterocycles. The second-order valence-electron chi connectivity index (χ2n) is 6.30. The summed E-state index contributed by atoms with van der Waals surface area (Å²) in [6.07, 6.45) is 5.47. The van der Waals surface area contributed by atoms with Gasteiger partial charge in [0.25, 0.3) is 0 Å². The third-order valence-electron chi connectivity index (χ3n) is 4.52. The van der Waals surface area contributed by atoms with Crippen LogP contribution in [0.25, 0.3) is 27.9 Å². The molecule has 0 aliphatic rings. The Hall–Kier alpha value is -3.68. The van der Waals surface area contributed by atoms with Gasteiger partial charge in [0.05, 0.1) is 18.6 Å². The maximum atomic E-state index is 4.75. The molecule has 5 aromatic rings. The molecule has 4 heterocycles. The van der Waals surface area contributed by atoms with Gasteiger partial charge in [0, 0.05) is 17.6 Å². The lowest BCUT2D eigenvalue weighted by Crippen LogP contribution is -2.29. The molecule has 0 radical (unpaired) electrons. The fraction of sp³-hybridized carbons (Fsp3) is 0.158. The highest BCUT2D eigenvalue weighted by atomic mass is 15.4. The van der Waals surface area contributed by atoms with Gasteiger partial charge in [-0.1, -0.05) is 17.3 Å². The van der Waals surface area contributed by atoms with Crippen molar-refractivity contribution >= 4 is 22.1 Å². The average Bonchev–Trinajstić information content (AvgIpc) is 3.35. The van der Waals surface area contributed by atoms with Crippen molar-refractivity contribution in [3.63, 3.8) is 0 Å². The zero-order valence-corrected chi connectivity index (χ0v) is 14.8. The van der Waals surface area contributed by atoms with Crippen LogP contribution in [0.2, 0.25) is 0 Å². The molecule has 0 fully saturated rings. The van der Waals surface area contributed by atoms with Gasteiger partial charge in [-0.3, -0.25) is 4.98 Å². The molecule has 0 aliphatic carbocycles. The number of rotatable bonds is 4. The molecule has 1 aromatic carbocycles. The predicted molar refractivity (Wildman–Crippen MR) is 99.2 cm³/mol. The van der Waals surface area contributed by atoms with Crippen molar-refractivity contribution in [2.75, 3.05) is 0 Å². The lowest BCUT2D eigenvalue weighted by Gasteiger charge is -2.03. The number of hydrogen-bond acceptors (Lipinski definition) is 5. The Kier molecular flexibility index (Phi) is 3.60. The van der Waals surface area contributed by atoms with Crippen LogP contribution in [0.1, 0.15) is 12.5 Å². The van der Waals surface area contributed by atoms with Gasteiger partial charge in [0.1, 0.15) is 5.52 Å². The summed E-state index contributed by atoms with van der Waals surface area (Å²) in [5.41, 5.74) is 3.62. The first-order valence-corrected chi connectivity index (χ1v) is 8.78. The Labute approximate surface area is 154 Å². The Morgan fingerprint density at radius 2 is 2.00 bits per heavy atom. The molecule has 0 atom stereocenters. The van der Waals surface area contributed by atoms with Crippen LogP contribution in [0.15, 0.2) is 61.3 Å². The summed E-state index contributed by atoms with van der Waals surface area (Å²) < 4.78 is 5.56. The molecule has 27 heavy (non-hydrogen) atoms. The number of benzene rings is 1. The maximum absolute atomic E-state index is 4.75. The van der Waals surface area contributed by atoms with Crippen LogP contribution in [0.3, 0.4) is 0 Å². The Morgan fingerprint density at radius 3 is 2.89 bits per heavy atom. The smallest absolute Gasteiger partial charge is 0.239 e. The van der Waals surface area contributed by atoms with Crippen LogP contribution in [-0.2, 0) is 13.1 Å². The number of fused-ring (bicyclic) bond motifs is 2. The van der Waals surface area contributed by atoms with Crippen LogP contribution >= 0.6 is 0 Å². The van der Waals surface area contributed by atoms with Crippen LogP contribution in [0.5, 0.6) is 0 Å². The van der Waals surface area contributed by atoms with Crippen molar-refractivity contribution in [1.82, 2.24) is 34.7 Å². The monoisotopic (exact) mass is 357 g/mol. The highest BCUT2D eigenvalue weighted by Crippen LogP contribution is 2.16. The second-order valence-corrected chi connectivity index (χ2v) is 6.30. The van der Waals surface area contributed by atoms with E-state index in [9.17, 15) is 0 Å². The minimum Gasteiger partial charge on any atom is -0.256 e. The van der Waals surface area contributed by atoms with Crippen LogP contribution in [0, 0.1) is 0 Å². The Morgan fingerprint density at radius 1 is 1.07 bits per heavy atom. The number of aryl methyl sites for hydroxylation is 1. The first-order valence-electron chi connectivity index (χ1n) is 8.78. The Bertz CT molecular complexity index is 1250. The zero-order chi connectivity index (χ0) is 18.2. The largest absolute Gasteiger partial charge is 0.256 e. The molecule has 8 heteroatoms. The molecule has 5 rings (SSSR count). The van der Waals surface area contributed by atoms with Crippen molar-refractivity contribution < 1.29 is 4.57 Å². The molecule has 0 bridgehead atoms. The minimum atomic E-state index is 0.594. The lowest BCUT2D eigenvalue weighted by molar-refractivity contribution is -0.600. The van der Waals surface area contributed by atoms with E-state index >= 15 is 0 Å². The quantitative estimate of drug-likeness (QED) is 0.459. The summed E-state index contributed by atoms with van der Waals surface area (Å²) in [4.78, 5) is 9.11. The fourth-order valence-electron chi connectivity index (χ4n) is 3.10. The van der Waals surface area contributed by atoms with Gasteiger partial charge in [-0.2, -0.15) is 4.57 Å². The van der Waals surface area contributed by atoms with Crippen LogP contribution < -0.4 is 4.57 Å². The molecular formula is C19H17N8+. The molecule has 0 N–H and O–H groups in total. The first kappa shape index (κ1) is 15.6. The first-order chi connectivity index (χ1) is 13.3. The van der Waals surface area contributed by atoms with E-state index in [4.69, 9.17) is 4.98 Å². The maximum Gasteiger partial charge on any atom is 0.239 e. The summed E-state index contributed by atoms with van der Waals surface area (Å²) in [5.74, 6) is 0.786. The van der Waals surface area contributed by atoms with E-state index in [0.29, 0.717) is 6.54 Å². The van der Waals surface area contributed by atoms with Gasteiger partial charge in [0.15, 0.2) is 6.33 Å². The summed E-state index contributed by atoms with van der Waals surface area (Å²) in [6, 6.07) is 14.1. The molecule has 132 valence electrons. The van der Waals surface area contributed by atoms with Crippen molar-refractivity contribution in [3.8, 4) is 5.82 Å². The summed E-state index contributed by atoms with van der Waals surface area (Å²) >= 11 is 0. The van der Waals surface area contributed by atoms with E-state index in [2.05, 4.69) is 38.6 Å². The summed E-state index contributed by atoms with van der Waals surface area (Å²) in [6.45, 7) is 3.45. The van der Waals surface area contributed by atoms with Crippen molar-refractivity contribution in [2.24, 2.45) is 0 Å². The number of pyridine rings is 2. The number of hydrogen-bond donors (Lipinski definition) is 0. The summed E-state index contributed by atoms with van der Waals surface area (Å²) in [5, 5.41) is 13.9. The highest BCUT2D eigenvalue weighted by molar-refractivity contribution is 5.79. The average molecular weight is 357 g/mol. The minimum absolute atomic E-state index is 0.594. The van der Waals surface area contributed by atoms with Gasteiger partial charge < -0.3 is 0 Å². The van der Waals surface area contributed by atoms with Crippen molar-refractivity contribution in [3.05, 3.63) is 66.9 Å². The molecule has 0 spiro atoms. The molecule has 0 saturated heterocycles. The van der Waals surface area contributed by atoms with Crippen molar-refractivity contribution in [1.29, 1.82) is 0 Å². The lowest BCUT2D eigenvalue weighted by atomic mass is 10.1. The van der Waals surface area contributed by atoms with Crippen LogP contribution in [0.4, 0.5) is 0 Å². The molecule has 0 saturated carbocycles. The standard InChI is InChI=1S/C19H17N8/c1-2-26-13-25(12-21-26)18-8-7-17-19(22-18)27(24-23-17)11-14-5-6-16-15(10-14)4-3-9-20-16/h3-10,12-13H,2,11H2,1H3/q+1. The van der Waals surface area contributed by atoms with Gasteiger partial charge in [-0.15, -0.1) is 14.8 Å². The van der Waals surface area contributed by atoms with E-state index in [1.54, 1.807) is 12.5 Å². The normalized spacial score (nSPS) is 11.4. The topological polar surface area (TPSA) is 78.2 Å². The molecule has 4 aromatic heterocycles. The van der Waals surface area contributed by atoms with Gasteiger partial charge in [-0.25, -0.2) is 4.68 Å². The predicted octanol–water partition coefficient (Wildman–Crippen LogP) is 1.92. The molecule has 8 nitrogen and oxygen atoms in total. The third kappa shape index (κ3) is 2.80. The van der Waals surface area contributed by atoms with Gasteiger partial charge in [-0.05, 0) is 41.9 Å². The van der Waals surface area contributed by atoms with E-state index in [1.807, 2.05) is 51.4 Å². The van der Waals surface area contributed by atoms with E-state index in [0.717, 1.165) is 40.0 Å². The molecular weight excluding hydrogens is 340 g/mol. The number of aromatic nitrogens is 8.